The Morgan fingerprint density at radius 1 is 1.20 bits per heavy atom. The molecule has 2 N–H and O–H groups in total. The first kappa shape index (κ1) is 15.4. The zero-order valence-corrected chi connectivity index (χ0v) is 13.6. The molecule has 1 aliphatic carbocycles. The van der Waals surface area contributed by atoms with Crippen LogP contribution in [0, 0.1) is 5.82 Å². The molecule has 0 saturated heterocycles. The largest absolute Gasteiger partial charge is 0.504 e. The van der Waals surface area contributed by atoms with Crippen LogP contribution in [0.2, 0.25) is 0 Å². The standard InChI is InChI=1S/C20H16FNO3/c1-25-18-7-2-11(9-17(18)23)8-12-3-5-16-19(20(12)24)14-10-13(21)4-6-15(14)22-16/h2,4,6-10,22-23H,3,5H2,1H3. The molecule has 0 radical (unpaired) electrons. The van der Waals surface area contributed by atoms with Crippen LogP contribution in [-0.2, 0) is 6.42 Å². The van der Waals surface area contributed by atoms with Crippen LogP contribution in [0.4, 0.5) is 4.39 Å². The maximum atomic E-state index is 13.6. The predicted octanol–water partition coefficient (Wildman–Crippen LogP) is 4.23. The summed E-state index contributed by atoms with van der Waals surface area (Å²) in [5.74, 6) is -0.0619. The molecule has 25 heavy (non-hydrogen) atoms. The fourth-order valence-electron chi connectivity index (χ4n) is 3.34. The minimum Gasteiger partial charge on any atom is -0.504 e. The molecule has 3 aromatic rings. The lowest BCUT2D eigenvalue weighted by Crippen LogP contribution is -2.13. The van der Waals surface area contributed by atoms with E-state index in [4.69, 9.17) is 4.74 Å². The maximum Gasteiger partial charge on any atom is 0.191 e. The van der Waals surface area contributed by atoms with Gasteiger partial charge in [0.2, 0.25) is 0 Å². The van der Waals surface area contributed by atoms with E-state index in [2.05, 4.69) is 4.98 Å². The van der Waals surface area contributed by atoms with Crippen molar-refractivity contribution in [1.82, 2.24) is 4.98 Å². The number of benzene rings is 2. The van der Waals surface area contributed by atoms with Crippen LogP contribution < -0.4 is 4.74 Å². The topological polar surface area (TPSA) is 62.3 Å². The number of phenols is 1. The number of hydrogen-bond donors (Lipinski definition) is 2. The molecular weight excluding hydrogens is 321 g/mol. The molecule has 0 amide bonds. The summed E-state index contributed by atoms with van der Waals surface area (Å²) in [5, 5.41) is 10.5. The van der Waals surface area contributed by atoms with Gasteiger partial charge in [-0.05, 0) is 54.8 Å². The van der Waals surface area contributed by atoms with Gasteiger partial charge in [0.1, 0.15) is 5.82 Å². The number of halogens is 1. The summed E-state index contributed by atoms with van der Waals surface area (Å²) >= 11 is 0. The van der Waals surface area contributed by atoms with Crippen molar-refractivity contribution in [3.63, 3.8) is 0 Å². The molecule has 1 aromatic heterocycles. The average molecular weight is 337 g/mol. The van der Waals surface area contributed by atoms with Crippen LogP contribution >= 0.6 is 0 Å². The lowest BCUT2D eigenvalue weighted by molar-refractivity contribution is 0.102. The molecule has 0 unspecified atom stereocenters. The molecule has 4 rings (SSSR count). The molecule has 0 saturated carbocycles. The first-order valence-electron chi connectivity index (χ1n) is 7.99. The average Bonchev–Trinajstić information content (AvgIpc) is 2.96. The Morgan fingerprint density at radius 2 is 2.04 bits per heavy atom. The molecule has 2 aromatic carbocycles. The van der Waals surface area contributed by atoms with Gasteiger partial charge in [-0.3, -0.25) is 4.79 Å². The summed E-state index contributed by atoms with van der Waals surface area (Å²) in [5.41, 5.74) is 3.52. The van der Waals surface area contributed by atoms with Crippen molar-refractivity contribution in [2.75, 3.05) is 7.11 Å². The number of rotatable bonds is 2. The van der Waals surface area contributed by atoms with Gasteiger partial charge < -0.3 is 14.8 Å². The van der Waals surface area contributed by atoms with Gasteiger partial charge >= 0.3 is 0 Å². The van der Waals surface area contributed by atoms with Crippen LogP contribution in [0.3, 0.4) is 0 Å². The van der Waals surface area contributed by atoms with E-state index in [0.29, 0.717) is 35.1 Å². The summed E-state index contributed by atoms with van der Waals surface area (Å²) in [7, 11) is 1.48. The third kappa shape index (κ3) is 2.58. The van der Waals surface area contributed by atoms with Gasteiger partial charge in [0.05, 0.1) is 12.7 Å². The van der Waals surface area contributed by atoms with Crippen LogP contribution in [-0.4, -0.2) is 23.0 Å². The molecule has 4 nitrogen and oxygen atoms in total. The lowest BCUT2D eigenvalue weighted by atomic mass is 9.88. The number of phenolic OH excluding ortho intramolecular Hbond substituents is 1. The van der Waals surface area contributed by atoms with Crippen LogP contribution in [0.25, 0.3) is 17.0 Å². The fraction of sp³-hybridized carbons (Fsp3) is 0.150. The minimum absolute atomic E-state index is 0.0231. The number of allylic oxidation sites excluding steroid dienone is 1. The number of hydrogen-bond acceptors (Lipinski definition) is 3. The highest BCUT2D eigenvalue weighted by Gasteiger charge is 2.26. The summed E-state index contributed by atoms with van der Waals surface area (Å²) in [6, 6.07) is 9.42. The van der Waals surface area contributed by atoms with Gasteiger partial charge in [-0.15, -0.1) is 0 Å². The Bertz CT molecular complexity index is 1030. The van der Waals surface area contributed by atoms with Crippen molar-refractivity contribution in [2.24, 2.45) is 0 Å². The highest BCUT2D eigenvalue weighted by atomic mass is 19.1. The molecule has 126 valence electrons. The number of Topliss-reactive ketones (excluding diaryl/α,β-unsaturated/α-hetero) is 1. The summed E-state index contributed by atoms with van der Waals surface area (Å²) in [6.07, 6.45) is 3.04. The highest BCUT2D eigenvalue weighted by Crippen LogP contribution is 2.34. The number of nitrogens with one attached hydrogen (secondary N) is 1. The van der Waals surface area contributed by atoms with Crippen molar-refractivity contribution < 1.29 is 19.0 Å². The molecule has 0 bridgehead atoms. The van der Waals surface area contributed by atoms with E-state index in [1.165, 1.54) is 19.2 Å². The Labute approximate surface area is 143 Å². The van der Waals surface area contributed by atoms with Crippen molar-refractivity contribution in [3.8, 4) is 11.5 Å². The number of aromatic amines is 1. The Morgan fingerprint density at radius 3 is 2.80 bits per heavy atom. The summed E-state index contributed by atoms with van der Waals surface area (Å²) in [6.45, 7) is 0. The number of aromatic nitrogens is 1. The number of fused-ring (bicyclic) bond motifs is 3. The highest BCUT2D eigenvalue weighted by molar-refractivity contribution is 6.19. The van der Waals surface area contributed by atoms with E-state index in [9.17, 15) is 14.3 Å². The van der Waals surface area contributed by atoms with E-state index in [1.54, 1.807) is 30.3 Å². The summed E-state index contributed by atoms with van der Waals surface area (Å²) in [4.78, 5) is 16.1. The maximum absolute atomic E-state index is 13.6. The van der Waals surface area contributed by atoms with E-state index in [0.717, 1.165) is 16.8 Å². The second-order valence-electron chi connectivity index (χ2n) is 6.10. The van der Waals surface area contributed by atoms with Crippen LogP contribution in [0.15, 0.2) is 42.0 Å². The summed E-state index contributed by atoms with van der Waals surface area (Å²) < 4.78 is 18.6. The van der Waals surface area contributed by atoms with E-state index in [-0.39, 0.29) is 17.3 Å². The first-order valence-corrected chi connectivity index (χ1v) is 7.99. The van der Waals surface area contributed by atoms with Gasteiger partial charge in [-0.2, -0.15) is 0 Å². The molecule has 0 fully saturated rings. The van der Waals surface area contributed by atoms with Gasteiger partial charge in [0.25, 0.3) is 0 Å². The van der Waals surface area contributed by atoms with Gasteiger partial charge in [-0.1, -0.05) is 6.07 Å². The molecular formula is C20H16FNO3. The number of methoxy groups -OCH3 is 1. The third-order valence-electron chi connectivity index (χ3n) is 4.55. The van der Waals surface area contributed by atoms with Crippen molar-refractivity contribution >= 4 is 22.8 Å². The zero-order chi connectivity index (χ0) is 17.6. The smallest absolute Gasteiger partial charge is 0.191 e. The number of H-pyrrole nitrogens is 1. The number of carbonyl (C=O) groups excluding carboxylic acids is 1. The Hall–Kier alpha value is -3.08. The number of aryl methyl sites for hydroxylation is 1. The quantitative estimate of drug-likeness (QED) is 0.688. The van der Waals surface area contributed by atoms with Gasteiger partial charge in [0, 0.05) is 22.2 Å². The third-order valence-corrected chi connectivity index (χ3v) is 4.55. The number of carbonyl (C=O) groups is 1. The lowest BCUT2D eigenvalue weighted by Gasteiger charge is -2.14. The van der Waals surface area contributed by atoms with Crippen LogP contribution in [0.1, 0.15) is 28.0 Å². The van der Waals surface area contributed by atoms with Gasteiger partial charge in [0.15, 0.2) is 17.3 Å². The second-order valence-corrected chi connectivity index (χ2v) is 6.10. The minimum atomic E-state index is -0.363. The number of ketones is 1. The van der Waals surface area contributed by atoms with Crippen molar-refractivity contribution in [3.05, 3.63) is 64.6 Å². The molecule has 0 atom stereocenters. The monoisotopic (exact) mass is 337 g/mol. The molecule has 0 aliphatic heterocycles. The fourth-order valence-corrected chi connectivity index (χ4v) is 3.34. The predicted molar refractivity (Wildman–Crippen MR) is 93.5 cm³/mol. The molecule has 0 spiro atoms. The van der Waals surface area contributed by atoms with Crippen molar-refractivity contribution in [2.45, 2.75) is 12.8 Å². The van der Waals surface area contributed by atoms with Crippen molar-refractivity contribution in [1.29, 1.82) is 0 Å². The van der Waals surface area contributed by atoms with Gasteiger partial charge in [-0.25, -0.2) is 4.39 Å². The normalized spacial score (nSPS) is 15.6. The molecule has 1 heterocycles. The van der Waals surface area contributed by atoms with Crippen LogP contribution in [0.5, 0.6) is 11.5 Å². The molecule has 1 aliphatic rings. The Balaban J connectivity index is 1.77. The molecule has 5 heteroatoms. The number of aromatic hydroxyl groups is 1. The first-order chi connectivity index (χ1) is 12.1. The van der Waals surface area contributed by atoms with E-state index < -0.39 is 0 Å². The number of ether oxygens (including phenoxy) is 1. The van der Waals surface area contributed by atoms with E-state index in [1.807, 2.05) is 0 Å². The Kier molecular flexibility index (Phi) is 3.57. The zero-order valence-electron chi connectivity index (χ0n) is 13.6. The SMILES string of the molecule is COc1ccc(C=C2CCc3[nH]c4ccc(F)cc4c3C2=O)cc1O. The van der Waals surface area contributed by atoms with E-state index >= 15 is 0 Å². The second kappa shape index (κ2) is 5.77.